The highest BCUT2D eigenvalue weighted by atomic mass is 32.2. The van der Waals surface area contributed by atoms with E-state index in [1.54, 1.807) is 24.9 Å². The molecule has 1 amide bonds. The van der Waals surface area contributed by atoms with E-state index in [0.29, 0.717) is 17.9 Å². The van der Waals surface area contributed by atoms with Crippen LogP contribution in [-0.2, 0) is 6.54 Å². The fourth-order valence-corrected chi connectivity index (χ4v) is 2.80. The minimum atomic E-state index is -0.185. The van der Waals surface area contributed by atoms with Gasteiger partial charge in [-0.15, -0.1) is 11.8 Å². The van der Waals surface area contributed by atoms with Gasteiger partial charge < -0.3 is 10.1 Å². The second-order valence-electron chi connectivity index (χ2n) is 5.43. The van der Waals surface area contributed by atoms with Crippen molar-refractivity contribution in [2.24, 2.45) is 0 Å². The Bertz CT molecular complexity index is 859. The number of aromatic amines is 1. The van der Waals surface area contributed by atoms with Crippen LogP contribution in [0.25, 0.3) is 11.3 Å². The molecule has 25 heavy (non-hydrogen) atoms. The highest BCUT2D eigenvalue weighted by molar-refractivity contribution is 7.98. The molecule has 0 aliphatic rings. The molecule has 0 unspecified atom stereocenters. The molecular weight excluding hydrogens is 334 g/mol. The number of carbonyl (C=O) groups excluding carboxylic acids is 1. The van der Waals surface area contributed by atoms with E-state index >= 15 is 0 Å². The summed E-state index contributed by atoms with van der Waals surface area (Å²) in [5, 5.41) is 9.90. The number of nitrogens with one attached hydrogen (secondary N) is 2. The van der Waals surface area contributed by atoms with E-state index in [0.717, 1.165) is 16.9 Å². The van der Waals surface area contributed by atoms with E-state index in [-0.39, 0.29) is 5.91 Å². The molecule has 5 nitrogen and oxygen atoms in total. The number of H-pyrrole nitrogens is 1. The fourth-order valence-electron chi connectivity index (χ4n) is 2.39. The van der Waals surface area contributed by atoms with Gasteiger partial charge >= 0.3 is 0 Å². The number of benzene rings is 2. The second kappa shape index (κ2) is 7.90. The van der Waals surface area contributed by atoms with E-state index in [1.807, 2.05) is 54.8 Å². The predicted molar refractivity (Wildman–Crippen MR) is 100.0 cm³/mol. The van der Waals surface area contributed by atoms with E-state index < -0.39 is 0 Å². The van der Waals surface area contributed by atoms with Gasteiger partial charge in [-0.3, -0.25) is 9.89 Å². The van der Waals surface area contributed by atoms with E-state index in [2.05, 4.69) is 15.5 Å². The molecule has 2 N–H and O–H groups in total. The van der Waals surface area contributed by atoms with Gasteiger partial charge in [0.2, 0.25) is 0 Å². The van der Waals surface area contributed by atoms with Crippen LogP contribution < -0.4 is 10.1 Å². The van der Waals surface area contributed by atoms with Crippen LogP contribution in [0.1, 0.15) is 16.1 Å². The lowest BCUT2D eigenvalue weighted by molar-refractivity contribution is 0.0946. The number of amides is 1. The van der Waals surface area contributed by atoms with Gasteiger partial charge in [-0.25, -0.2) is 0 Å². The number of ether oxygens (including phenoxy) is 1. The van der Waals surface area contributed by atoms with Gasteiger partial charge in [0.15, 0.2) is 0 Å². The van der Waals surface area contributed by atoms with Crippen LogP contribution in [0.3, 0.4) is 0 Å². The molecule has 0 aliphatic heterocycles. The van der Waals surface area contributed by atoms with Crippen molar-refractivity contribution in [1.29, 1.82) is 0 Å². The Balaban J connectivity index is 1.65. The Kier molecular flexibility index (Phi) is 5.40. The van der Waals surface area contributed by atoms with Gasteiger partial charge in [0.25, 0.3) is 5.91 Å². The fraction of sp³-hybridized carbons (Fsp3) is 0.158. The average Bonchev–Trinajstić information content (AvgIpc) is 3.17. The molecule has 0 fully saturated rings. The Morgan fingerprint density at radius 3 is 2.72 bits per heavy atom. The van der Waals surface area contributed by atoms with Crippen LogP contribution in [0.2, 0.25) is 0 Å². The summed E-state index contributed by atoms with van der Waals surface area (Å²) >= 11 is 1.69. The van der Waals surface area contributed by atoms with Gasteiger partial charge in [0, 0.05) is 17.0 Å². The SMILES string of the molecule is COc1cccc(-c2cc(C(=O)NCc3ccc(SC)cc3)[nH]n2)c1. The lowest BCUT2D eigenvalue weighted by atomic mass is 10.1. The smallest absolute Gasteiger partial charge is 0.269 e. The van der Waals surface area contributed by atoms with Crippen molar-refractivity contribution in [3.05, 3.63) is 65.9 Å². The standard InChI is InChI=1S/C19H19N3O2S/c1-24-15-5-3-4-14(10-15)17-11-18(22-21-17)19(23)20-12-13-6-8-16(25-2)9-7-13/h3-11H,12H2,1-2H3,(H,20,23)(H,21,22). The van der Waals surface area contributed by atoms with Crippen LogP contribution in [0, 0.1) is 0 Å². The van der Waals surface area contributed by atoms with Crippen molar-refractivity contribution in [2.75, 3.05) is 13.4 Å². The monoisotopic (exact) mass is 353 g/mol. The first kappa shape index (κ1) is 17.1. The van der Waals surface area contributed by atoms with Crippen LogP contribution in [0.4, 0.5) is 0 Å². The molecule has 0 spiro atoms. The van der Waals surface area contributed by atoms with Crippen LogP contribution in [-0.4, -0.2) is 29.5 Å². The number of nitrogens with zero attached hydrogens (tertiary/aromatic N) is 1. The van der Waals surface area contributed by atoms with Gasteiger partial charge in [-0.2, -0.15) is 5.10 Å². The normalized spacial score (nSPS) is 10.5. The molecule has 3 aromatic rings. The summed E-state index contributed by atoms with van der Waals surface area (Å²) in [6.45, 7) is 0.473. The Labute approximate surface area is 150 Å². The maximum absolute atomic E-state index is 12.3. The van der Waals surface area contributed by atoms with Crippen molar-refractivity contribution in [3.8, 4) is 17.0 Å². The highest BCUT2D eigenvalue weighted by Crippen LogP contribution is 2.22. The maximum Gasteiger partial charge on any atom is 0.269 e. The predicted octanol–water partition coefficient (Wildman–Crippen LogP) is 3.74. The lowest BCUT2D eigenvalue weighted by Crippen LogP contribution is -2.23. The van der Waals surface area contributed by atoms with Crippen LogP contribution >= 0.6 is 11.8 Å². The largest absolute Gasteiger partial charge is 0.497 e. The third-order valence-corrected chi connectivity index (χ3v) is 4.54. The zero-order valence-electron chi connectivity index (χ0n) is 14.1. The average molecular weight is 353 g/mol. The Hall–Kier alpha value is -2.73. The first-order valence-electron chi connectivity index (χ1n) is 7.80. The van der Waals surface area contributed by atoms with Crippen molar-refractivity contribution in [2.45, 2.75) is 11.4 Å². The maximum atomic E-state index is 12.3. The van der Waals surface area contributed by atoms with Gasteiger partial charge in [0.1, 0.15) is 11.4 Å². The topological polar surface area (TPSA) is 67.0 Å². The minimum Gasteiger partial charge on any atom is -0.497 e. The zero-order valence-corrected chi connectivity index (χ0v) is 14.9. The van der Waals surface area contributed by atoms with Crippen molar-refractivity contribution >= 4 is 17.7 Å². The number of hydrogen-bond acceptors (Lipinski definition) is 4. The summed E-state index contributed by atoms with van der Waals surface area (Å²) in [7, 11) is 1.62. The molecule has 0 aliphatic carbocycles. The third kappa shape index (κ3) is 4.22. The number of hydrogen-bond donors (Lipinski definition) is 2. The first-order chi connectivity index (χ1) is 12.2. The quantitative estimate of drug-likeness (QED) is 0.663. The molecule has 6 heteroatoms. The molecule has 0 saturated heterocycles. The molecule has 0 radical (unpaired) electrons. The first-order valence-corrected chi connectivity index (χ1v) is 9.03. The van der Waals surface area contributed by atoms with Gasteiger partial charge in [0.05, 0.1) is 12.8 Å². The molecule has 3 rings (SSSR count). The molecule has 128 valence electrons. The molecule has 0 saturated carbocycles. The summed E-state index contributed by atoms with van der Waals surface area (Å²) in [5.74, 6) is 0.566. The second-order valence-corrected chi connectivity index (χ2v) is 6.31. The Morgan fingerprint density at radius 1 is 1.20 bits per heavy atom. The molecule has 0 bridgehead atoms. The van der Waals surface area contributed by atoms with Gasteiger partial charge in [-0.1, -0.05) is 24.3 Å². The highest BCUT2D eigenvalue weighted by Gasteiger charge is 2.11. The zero-order chi connectivity index (χ0) is 17.6. The summed E-state index contributed by atoms with van der Waals surface area (Å²) < 4.78 is 5.22. The molecule has 1 heterocycles. The number of rotatable bonds is 6. The molecule has 2 aromatic carbocycles. The summed E-state index contributed by atoms with van der Waals surface area (Å²) in [6.07, 6.45) is 2.04. The Morgan fingerprint density at radius 2 is 2.00 bits per heavy atom. The summed E-state index contributed by atoms with van der Waals surface area (Å²) in [5.41, 5.74) is 3.08. The van der Waals surface area contributed by atoms with Crippen LogP contribution in [0.5, 0.6) is 5.75 Å². The van der Waals surface area contributed by atoms with Crippen molar-refractivity contribution in [1.82, 2.24) is 15.5 Å². The number of carbonyl (C=O) groups is 1. The molecule has 0 atom stereocenters. The molecular formula is C19H19N3O2S. The van der Waals surface area contributed by atoms with Crippen LogP contribution in [0.15, 0.2) is 59.5 Å². The van der Waals surface area contributed by atoms with E-state index in [1.165, 1.54) is 4.90 Å². The van der Waals surface area contributed by atoms with Crippen molar-refractivity contribution < 1.29 is 9.53 Å². The number of methoxy groups -OCH3 is 1. The third-order valence-electron chi connectivity index (χ3n) is 3.80. The van der Waals surface area contributed by atoms with E-state index in [4.69, 9.17) is 4.74 Å². The van der Waals surface area contributed by atoms with Crippen molar-refractivity contribution in [3.63, 3.8) is 0 Å². The minimum absolute atomic E-state index is 0.185. The summed E-state index contributed by atoms with van der Waals surface area (Å²) in [4.78, 5) is 13.5. The summed E-state index contributed by atoms with van der Waals surface area (Å²) in [6, 6.07) is 17.4. The van der Waals surface area contributed by atoms with E-state index in [9.17, 15) is 4.79 Å². The molecule has 1 aromatic heterocycles. The number of aromatic nitrogens is 2. The lowest BCUT2D eigenvalue weighted by Gasteiger charge is -2.04. The number of thioether (sulfide) groups is 1. The van der Waals surface area contributed by atoms with Gasteiger partial charge in [-0.05, 0) is 42.2 Å².